The second kappa shape index (κ2) is 4.07. The number of benzene rings is 1. The molecule has 1 heterocycles. The largest absolute Gasteiger partial charge is 0.417 e. The molecule has 2 nitrogen and oxygen atoms in total. The summed E-state index contributed by atoms with van der Waals surface area (Å²) in [4.78, 5) is 0. The van der Waals surface area contributed by atoms with E-state index in [0.717, 1.165) is 11.8 Å². The molecule has 0 aliphatic heterocycles. The Hall–Kier alpha value is -1.49. The van der Waals surface area contributed by atoms with E-state index in [0.29, 0.717) is 12.1 Å². The summed E-state index contributed by atoms with van der Waals surface area (Å²) in [5.41, 5.74) is 6.25. The molecule has 0 saturated carbocycles. The van der Waals surface area contributed by atoms with Crippen molar-refractivity contribution in [2.45, 2.75) is 26.2 Å². The van der Waals surface area contributed by atoms with Crippen LogP contribution in [0, 0.1) is 0 Å². The number of nitrogens with two attached hydrogens (primary N) is 1. The molecule has 2 N–H and O–H groups in total. The molecule has 1 aromatic heterocycles. The molecule has 2 aromatic rings. The summed E-state index contributed by atoms with van der Waals surface area (Å²) in [7, 11) is 0. The standard InChI is InChI=1S/C12H13F3N2/c1-2-17-8(7-16)6-9-10(12(13,14)15)4-3-5-11(9)17/h3-6H,2,7,16H2,1H3. The SMILES string of the molecule is CCn1c(CN)cc2c(C(F)(F)F)cccc21. The third-order valence-corrected chi connectivity index (χ3v) is 2.86. The first kappa shape index (κ1) is 12.0. The van der Waals surface area contributed by atoms with Gasteiger partial charge in [0.25, 0.3) is 0 Å². The van der Waals surface area contributed by atoms with Crippen LogP contribution in [0.15, 0.2) is 24.3 Å². The summed E-state index contributed by atoms with van der Waals surface area (Å²) in [6.45, 7) is 2.73. The first-order valence-electron chi connectivity index (χ1n) is 5.37. The van der Waals surface area contributed by atoms with Gasteiger partial charge in [-0.2, -0.15) is 13.2 Å². The van der Waals surface area contributed by atoms with Crippen molar-refractivity contribution in [3.8, 4) is 0 Å². The van der Waals surface area contributed by atoms with Crippen LogP contribution in [0.1, 0.15) is 18.2 Å². The number of halogens is 3. The molecule has 0 atom stereocenters. The van der Waals surface area contributed by atoms with E-state index in [9.17, 15) is 13.2 Å². The number of rotatable bonds is 2. The predicted octanol–water partition coefficient (Wildman–Crippen LogP) is 3.14. The number of alkyl halides is 3. The maximum absolute atomic E-state index is 12.8. The van der Waals surface area contributed by atoms with Gasteiger partial charge < -0.3 is 10.3 Å². The van der Waals surface area contributed by atoms with E-state index in [1.165, 1.54) is 12.1 Å². The smallest absolute Gasteiger partial charge is 0.344 e. The van der Waals surface area contributed by atoms with Gasteiger partial charge in [0.15, 0.2) is 0 Å². The lowest BCUT2D eigenvalue weighted by atomic mass is 10.1. The highest BCUT2D eigenvalue weighted by atomic mass is 19.4. The lowest BCUT2D eigenvalue weighted by Crippen LogP contribution is -2.06. The highest BCUT2D eigenvalue weighted by Crippen LogP contribution is 2.35. The molecule has 1 aromatic carbocycles. The van der Waals surface area contributed by atoms with Crippen molar-refractivity contribution in [1.29, 1.82) is 0 Å². The van der Waals surface area contributed by atoms with Crippen molar-refractivity contribution in [3.05, 3.63) is 35.5 Å². The minimum Gasteiger partial charge on any atom is -0.344 e. The Morgan fingerprint density at radius 3 is 2.53 bits per heavy atom. The molecule has 0 fully saturated rings. The number of fused-ring (bicyclic) bond motifs is 1. The average Bonchev–Trinajstić information content (AvgIpc) is 2.64. The second-order valence-corrected chi connectivity index (χ2v) is 3.82. The van der Waals surface area contributed by atoms with E-state index in [1.807, 2.05) is 11.5 Å². The molecule has 5 heteroatoms. The Labute approximate surface area is 96.8 Å². The summed E-state index contributed by atoms with van der Waals surface area (Å²) in [5.74, 6) is 0. The fourth-order valence-electron chi connectivity index (χ4n) is 2.13. The fourth-order valence-corrected chi connectivity index (χ4v) is 2.13. The van der Waals surface area contributed by atoms with Gasteiger partial charge in [0.1, 0.15) is 0 Å². The van der Waals surface area contributed by atoms with Gasteiger partial charge in [-0.3, -0.25) is 0 Å². The van der Waals surface area contributed by atoms with Crippen LogP contribution < -0.4 is 5.73 Å². The molecule has 0 aliphatic carbocycles. The van der Waals surface area contributed by atoms with Gasteiger partial charge in [0.05, 0.1) is 5.56 Å². The van der Waals surface area contributed by atoms with Gasteiger partial charge in [0, 0.05) is 29.7 Å². The van der Waals surface area contributed by atoms with Crippen LogP contribution in [0.2, 0.25) is 0 Å². The summed E-state index contributed by atoms with van der Waals surface area (Å²) >= 11 is 0. The number of nitrogens with zero attached hydrogens (tertiary/aromatic N) is 1. The van der Waals surface area contributed by atoms with Gasteiger partial charge in [0.2, 0.25) is 0 Å². The van der Waals surface area contributed by atoms with Crippen LogP contribution in [0.3, 0.4) is 0 Å². The topological polar surface area (TPSA) is 30.9 Å². The third kappa shape index (κ3) is 1.91. The van der Waals surface area contributed by atoms with Gasteiger partial charge in [-0.15, -0.1) is 0 Å². The number of hydrogen-bond donors (Lipinski definition) is 1. The Balaban J connectivity index is 2.78. The monoisotopic (exact) mass is 242 g/mol. The normalized spacial score (nSPS) is 12.3. The maximum Gasteiger partial charge on any atom is 0.417 e. The zero-order valence-electron chi connectivity index (χ0n) is 9.38. The molecule has 0 spiro atoms. The molecule has 0 amide bonds. The van der Waals surface area contributed by atoms with E-state index in [2.05, 4.69) is 0 Å². The molecule has 2 rings (SSSR count). The highest BCUT2D eigenvalue weighted by molar-refractivity contribution is 5.85. The molecular weight excluding hydrogens is 229 g/mol. The Bertz CT molecular complexity index is 540. The second-order valence-electron chi connectivity index (χ2n) is 3.82. The van der Waals surface area contributed by atoms with Gasteiger partial charge >= 0.3 is 6.18 Å². The van der Waals surface area contributed by atoms with E-state index < -0.39 is 11.7 Å². The number of aromatic nitrogens is 1. The lowest BCUT2D eigenvalue weighted by Gasteiger charge is -2.09. The molecule has 0 bridgehead atoms. The van der Waals surface area contributed by atoms with Gasteiger partial charge in [-0.1, -0.05) is 6.07 Å². The first-order chi connectivity index (χ1) is 7.99. The molecule has 0 saturated heterocycles. The van der Waals surface area contributed by atoms with Crippen LogP contribution >= 0.6 is 0 Å². The van der Waals surface area contributed by atoms with E-state index in [-0.39, 0.29) is 11.9 Å². The average molecular weight is 242 g/mol. The van der Waals surface area contributed by atoms with Crippen LogP contribution in [-0.2, 0) is 19.3 Å². The van der Waals surface area contributed by atoms with Crippen molar-refractivity contribution in [2.24, 2.45) is 5.73 Å². The molecule has 0 radical (unpaired) electrons. The zero-order chi connectivity index (χ0) is 12.6. The minimum atomic E-state index is -4.33. The lowest BCUT2D eigenvalue weighted by molar-refractivity contribution is -0.136. The molecule has 92 valence electrons. The third-order valence-electron chi connectivity index (χ3n) is 2.86. The van der Waals surface area contributed by atoms with Gasteiger partial charge in [-0.25, -0.2) is 0 Å². The van der Waals surface area contributed by atoms with Crippen LogP contribution in [0.25, 0.3) is 10.9 Å². The maximum atomic E-state index is 12.8. The van der Waals surface area contributed by atoms with E-state index in [4.69, 9.17) is 5.73 Å². The summed E-state index contributed by atoms with van der Waals surface area (Å²) in [6.07, 6.45) is -4.33. The van der Waals surface area contributed by atoms with Crippen LogP contribution in [0.5, 0.6) is 0 Å². The summed E-state index contributed by atoms with van der Waals surface area (Å²) in [6, 6.07) is 5.75. The Morgan fingerprint density at radius 2 is 2.00 bits per heavy atom. The number of aryl methyl sites for hydroxylation is 1. The van der Waals surface area contributed by atoms with E-state index in [1.54, 1.807) is 6.07 Å². The Kier molecular flexibility index (Phi) is 2.87. The molecule has 0 unspecified atom stereocenters. The number of hydrogen-bond acceptors (Lipinski definition) is 1. The van der Waals surface area contributed by atoms with Crippen molar-refractivity contribution < 1.29 is 13.2 Å². The predicted molar refractivity (Wildman–Crippen MR) is 60.5 cm³/mol. The van der Waals surface area contributed by atoms with Crippen molar-refractivity contribution in [2.75, 3.05) is 0 Å². The van der Waals surface area contributed by atoms with Gasteiger partial charge in [-0.05, 0) is 25.1 Å². The molecule has 0 aliphatic rings. The van der Waals surface area contributed by atoms with E-state index >= 15 is 0 Å². The summed E-state index contributed by atoms with van der Waals surface area (Å²) in [5, 5.41) is 0.224. The van der Waals surface area contributed by atoms with Crippen LogP contribution in [-0.4, -0.2) is 4.57 Å². The molecule has 17 heavy (non-hydrogen) atoms. The first-order valence-corrected chi connectivity index (χ1v) is 5.37. The zero-order valence-corrected chi connectivity index (χ0v) is 9.38. The highest BCUT2D eigenvalue weighted by Gasteiger charge is 2.33. The van der Waals surface area contributed by atoms with Crippen molar-refractivity contribution >= 4 is 10.9 Å². The van der Waals surface area contributed by atoms with Crippen LogP contribution in [0.4, 0.5) is 13.2 Å². The molecular formula is C12H13F3N2. The fraction of sp³-hybridized carbons (Fsp3) is 0.333. The summed E-state index contributed by atoms with van der Waals surface area (Å²) < 4.78 is 40.3. The van der Waals surface area contributed by atoms with Crippen molar-refractivity contribution in [3.63, 3.8) is 0 Å². The van der Waals surface area contributed by atoms with Crippen molar-refractivity contribution in [1.82, 2.24) is 4.57 Å². The Morgan fingerprint density at radius 1 is 1.29 bits per heavy atom. The minimum absolute atomic E-state index is 0.224. The quantitative estimate of drug-likeness (QED) is 0.861.